The topological polar surface area (TPSA) is 32.8 Å². The van der Waals surface area contributed by atoms with Crippen LogP contribution in [-0.4, -0.2) is 63.7 Å². The van der Waals surface area contributed by atoms with Gasteiger partial charge in [0.25, 0.3) is 0 Å². The molecule has 0 aliphatic heterocycles. The molecule has 0 heterocycles. The highest BCUT2D eigenvalue weighted by molar-refractivity contribution is 5.69. The average Bonchev–Trinajstić information content (AvgIpc) is 2.11. The molecule has 0 saturated heterocycles. The molecular formula is C11H24N2O2. The van der Waals surface area contributed by atoms with Crippen molar-refractivity contribution >= 4 is 5.97 Å². The molecule has 0 fully saturated rings. The SMILES string of the molecule is CN(C)CCCOC(=O)CCCN(C)C. The van der Waals surface area contributed by atoms with Crippen LogP contribution in [0.4, 0.5) is 0 Å². The summed E-state index contributed by atoms with van der Waals surface area (Å²) in [6.07, 6.45) is 2.31. The Hall–Kier alpha value is -0.610. The standard InChI is InChI=1S/C11H24N2O2/c1-12(2)8-5-7-11(14)15-10-6-9-13(3)4/h5-10H2,1-4H3. The van der Waals surface area contributed by atoms with Gasteiger partial charge < -0.3 is 14.5 Å². The van der Waals surface area contributed by atoms with Gasteiger partial charge in [0.1, 0.15) is 0 Å². The molecule has 0 saturated carbocycles. The second kappa shape index (κ2) is 8.68. The maximum atomic E-state index is 11.2. The lowest BCUT2D eigenvalue weighted by atomic mass is 10.3. The fourth-order valence-electron chi connectivity index (χ4n) is 1.18. The van der Waals surface area contributed by atoms with Crippen LogP contribution in [0.1, 0.15) is 19.3 Å². The number of rotatable bonds is 8. The molecule has 0 aliphatic carbocycles. The fraction of sp³-hybridized carbons (Fsp3) is 0.909. The monoisotopic (exact) mass is 216 g/mol. The molecule has 4 heteroatoms. The molecule has 0 unspecified atom stereocenters. The third-order valence-corrected chi connectivity index (χ3v) is 2.00. The van der Waals surface area contributed by atoms with E-state index in [2.05, 4.69) is 9.80 Å². The van der Waals surface area contributed by atoms with Crippen LogP contribution in [0.15, 0.2) is 0 Å². The lowest BCUT2D eigenvalue weighted by Gasteiger charge is -2.10. The van der Waals surface area contributed by atoms with E-state index >= 15 is 0 Å². The van der Waals surface area contributed by atoms with E-state index in [1.165, 1.54) is 0 Å². The van der Waals surface area contributed by atoms with Gasteiger partial charge in [-0.3, -0.25) is 4.79 Å². The van der Waals surface area contributed by atoms with Crippen LogP contribution >= 0.6 is 0 Å². The highest BCUT2D eigenvalue weighted by Gasteiger charge is 2.02. The van der Waals surface area contributed by atoms with Crippen molar-refractivity contribution in [1.29, 1.82) is 0 Å². The van der Waals surface area contributed by atoms with Crippen molar-refractivity contribution in [2.45, 2.75) is 19.3 Å². The third kappa shape index (κ3) is 11.3. The minimum atomic E-state index is -0.0735. The van der Waals surface area contributed by atoms with Crippen LogP contribution in [-0.2, 0) is 9.53 Å². The van der Waals surface area contributed by atoms with Crippen LogP contribution in [0.25, 0.3) is 0 Å². The average molecular weight is 216 g/mol. The number of esters is 1. The Kier molecular flexibility index (Phi) is 8.33. The summed E-state index contributed by atoms with van der Waals surface area (Å²) in [4.78, 5) is 15.4. The Labute approximate surface area is 93.2 Å². The summed E-state index contributed by atoms with van der Waals surface area (Å²) in [5.41, 5.74) is 0. The third-order valence-electron chi connectivity index (χ3n) is 2.00. The Balaban J connectivity index is 3.26. The molecule has 0 rings (SSSR count). The minimum absolute atomic E-state index is 0.0735. The van der Waals surface area contributed by atoms with Crippen molar-refractivity contribution in [3.8, 4) is 0 Å². The smallest absolute Gasteiger partial charge is 0.305 e. The van der Waals surface area contributed by atoms with E-state index < -0.39 is 0 Å². The zero-order valence-corrected chi connectivity index (χ0v) is 10.5. The summed E-state index contributed by atoms with van der Waals surface area (Å²) in [7, 11) is 8.03. The van der Waals surface area contributed by atoms with Crippen LogP contribution in [0.5, 0.6) is 0 Å². The van der Waals surface area contributed by atoms with Gasteiger partial charge in [-0.1, -0.05) is 0 Å². The predicted octanol–water partition coefficient (Wildman–Crippen LogP) is 0.823. The lowest BCUT2D eigenvalue weighted by molar-refractivity contribution is -0.143. The van der Waals surface area contributed by atoms with Gasteiger partial charge in [-0.2, -0.15) is 0 Å². The van der Waals surface area contributed by atoms with Crippen molar-refractivity contribution in [1.82, 2.24) is 9.80 Å². The van der Waals surface area contributed by atoms with Crippen molar-refractivity contribution in [3.63, 3.8) is 0 Å². The summed E-state index contributed by atoms with van der Waals surface area (Å²) < 4.78 is 5.09. The molecule has 0 aromatic carbocycles. The highest BCUT2D eigenvalue weighted by atomic mass is 16.5. The van der Waals surface area contributed by atoms with E-state index in [0.29, 0.717) is 13.0 Å². The van der Waals surface area contributed by atoms with Crippen molar-refractivity contribution < 1.29 is 9.53 Å². The Morgan fingerprint density at radius 1 is 1.00 bits per heavy atom. The maximum Gasteiger partial charge on any atom is 0.305 e. The van der Waals surface area contributed by atoms with Gasteiger partial charge in [0.05, 0.1) is 6.61 Å². The van der Waals surface area contributed by atoms with Crippen molar-refractivity contribution in [3.05, 3.63) is 0 Å². The van der Waals surface area contributed by atoms with Gasteiger partial charge in [0.2, 0.25) is 0 Å². The number of hydrogen-bond acceptors (Lipinski definition) is 4. The first-order valence-electron chi connectivity index (χ1n) is 5.47. The molecule has 0 atom stereocenters. The minimum Gasteiger partial charge on any atom is -0.466 e. The van der Waals surface area contributed by atoms with Gasteiger partial charge in [0, 0.05) is 13.0 Å². The molecule has 0 aromatic rings. The maximum absolute atomic E-state index is 11.2. The second-order valence-electron chi connectivity index (χ2n) is 4.28. The van der Waals surface area contributed by atoms with Gasteiger partial charge in [0.15, 0.2) is 0 Å². The summed E-state index contributed by atoms with van der Waals surface area (Å²) >= 11 is 0. The molecule has 0 spiro atoms. The molecular weight excluding hydrogens is 192 g/mol. The molecule has 0 radical (unpaired) electrons. The highest BCUT2D eigenvalue weighted by Crippen LogP contribution is 1.95. The zero-order valence-electron chi connectivity index (χ0n) is 10.5. The van der Waals surface area contributed by atoms with Gasteiger partial charge in [-0.15, -0.1) is 0 Å². The molecule has 15 heavy (non-hydrogen) atoms. The quantitative estimate of drug-likeness (QED) is 0.444. The summed E-state index contributed by atoms with van der Waals surface area (Å²) in [6.45, 7) is 2.44. The van der Waals surface area contributed by atoms with Crippen LogP contribution in [0.3, 0.4) is 0 Å². The Morgan fingerprint density at radius 2 is 1.53 bits per heavy atom. The van der Waals surface area contributed by atoms with E-state index in [9.17, 15) is 4.79 Å². The first kappa shape index (κ1) is 14.4. The van der Waals surface area contributed by atoms with Crippen LogP contribution in [0.2, 0.25) is 0 Å². The van der Waals surface area contributed by atoms with Crippen molar-refractivity contribution in [2.75, 3.05) is 47.9 Å². The van der Waals surface area contributed by atoms with E-state index in [4.69, 9.17) is 4.74 Å². The molecule has 4 nitrogen and oxygen atoms in total. The van der Waals surface area contributed by atoms with Gasteiger partial charge in [-0.05, 0) is 47.6 Å². The molecule has 0 bridgehead atoms. The predicted molar refractivity (Wildman–Crippen MR) is 61.9 cm³/mol. The second-order valence-corrected chi connectivity index (χ2v) is 4.28. The zero-order chi connectivity index (χ0) is 11.7. The van der Waals surface area contributed by atoms with Crippen molar-refractivity contribution in [2.24, 2.45) is 0 Å². The molecule has 0 aliphatic rings. The van der Waals surface area contributed by atoms with E-state index in [0.717, 1.165) is 25.9 Å². The number of nitrogens with zero attached hydrogens (tertiary/aromatic N) is 2. The van der Waals surface area contributed by atoms with Gasteiger partial charge in [-0.25, -0.2) is 0 Å². The Morgan fingerprint density at radius 3 is 2.07 bits per heavy atom. The first-order chi connectivity index (χ1) is 7.02. The van der Waals surface area contributed by atoms with Gasteiger partial charge >= 0.3 is 5.97 Å². The summed E-state index contributed by atoms with van der Waals surface area (Å²) in [5.74, 6) is -0.0735. The largest absolute Gasteiger partial charge is 0.466 e. The van der Waals surface area contributed by atoms with E-state index in [1.807, 2.05) is 28.2 Å². The Bertz CT molecular complexity index is 170. The summed E-state index contributed by atoms with van der Waals surface area (Å²) in [6, 6.07) is 0. The first-order valence-corrected chi connectivity index (χ1v) is 5.47. The lowest BCUT2D eigenvalue weighted by Crippen LogP contribution is -2.17. The van der Waals surface area contributed by atoms with E-state index in [1.54, 1.807) is 0 Å². The molecule has 0 N–H and O–H groups in total. The van der Waals surface area contributed by atoms with Crippen LogP contribution in [0, 0.1) is 0 Å². The van der Waals surface area contributed by atoms with Crippen LogP contribution < -0.4 is 0 Å². The summed E-state index contributed by atoms with van der Waals surface area (Å²) in [5, 5.41) is 0. The van der Waals surface area contributed by atoms with E-state index in [-0.39, 0.29) is 5.97 Å². The number of ether oxygens (including phenoxy) is 1. The number of hydrogen-bond donors (Lipinski definition) is 0. The fourth-order valence-corrected chi connectivity index (χ4v) is 1.18. The number of carbonyl (C=O) groups excluding carboxylic acids is 1. The number of carbonyl (C=O) groups is 1. The molecule has 0 amide bonds. The molecule has 0 aromatic heterocycles. The normalized spacial score (nSPS) is 11.1. The molecule has 90 valence electrons.